The molecule has 0 heterocycles. The minimum Gasteiger partial charge on any atom is -0.496 e. The van der Waals surface area contributed by atoms with Crippen LogP contribution in [0, 0.1) is 5.92 Å². The van der Waals surface area contributed by atoms with Gasteiger partial charge in [0, 0.05) is 13.0 Å². The lowest BCUT2D eigenvalue weighted by molar-refractivity contribution is -0.122. The molecular formula is C16H21NO4. The molecule has 1 saturated carbocycles. The Bertz CT molecular complexity index is 523. The summed E-state index contributed by atoms with van der Waals surface area (Å²) in [5.41, 5.74) is 1.09. The first kappa shape index (κ1) is 15.4. The van der Waals surface area contributed by atoms with Crippen LogP contribution in [0.15, 0.2) is 18.2 Å². The van der Waals surface area contributed by atoms with Crippen LogP contribution >= 0.6 is 0 Å². The van der Waals surface area contributed by atoms with Gasteiger partial charge in [0.15, 0.2) is 0 Å². The quantitative estimate of drug-likeness (QED) is 0.808. The minimum absolute atomic E-state index is 0.0980. The van der Waals surface area contributed by atoms with Gasteiger partial charge in [0.2, 0.25) is 5.91 Å². The molecule has 1 aliphatic rings. The van der Waals surface area contributed by atoms with Gasteiger partial charge >= 0.3 is 5.97 Å². The number of hydrogen-bond acceptors (Lipinski definition) is 3. The standard InChI is InChI=1S/C16H21NO4/c1-21-14-10-13(16(19)20)6-5-12(14)7-8-17-15(18)9-11-3-2-4-11/h5-6,10-11H,2-4,7-9H2,1H3,(H,17,18)(H,19,20). The maximum absolute atomic E-state index is 11.7. The van der Waals surface area contributed by atoms with Crippen LogP contribution in [-0.2, 0) is 11.2 Å². The summed E-state index contributed by atoms with van der Waals surface area (Å²) < 4.78 is 5.21. The van der Waals surface area contributed by atoms with E-state index in [0.29, 0.717) is 31.1 Å². The number of ether oxygens (including phenoxy) is 1. The maximum Gasteiger partial charge on any atom is 0.335 e. The Kier molecular flexibility index (Phi) is 5.20. The number of carbonyl (C=O) groups excluding carboxylic acids is 1. The third-order valence-electron chi connectivity index (χ3n) is 3.95. The normalized spacial score (nSPS) is 14.3. The van der Waals surface area contributed by atoms with E-state index in [2.05, 4.69) is 5.32 Å². The van der Waals surface area contributed by atoms with E-state index >= 15 is 0 Å². The fourth-order valence-electron chi connectivity index (χ4n) is 2.45. The van der Waals surface area contributed by atoms with Gasteiger partial charge < -0.3 is 15.2 Å². The summed E-state index contributed by atoms with van der Waals surface area (Å²) in [5.74, 6) is 0.229. The molecule has 0 atom stereocenters. The fourth-order valence-corrected chi connectivity index (χ4v) is 2.45. The molecule has 0 aliphatic heterocycles. The lowest BCUT2D eigenvalue weighted by atomic mass is 9.83. The molecule has 1 fully saturated rings. The third kappa shape index (κ3) is 4.21. The molecule has 0 radical (unpaired) electrons. The number of hydrogen-bond donors (Lipinski definition) is 2. The first-order valence-corrected chi connectivity index (χ1v) is 7.27. The van der Waals surface area contributed by atoms with E-state index in [0.717, 1.165) is 18.4 Å². The van der Waals surface area contributed by atoms with E-state index in [1.807, 2.05) is 0 Å². The second-order valence-electron chi connectivity index (χ2n) is 5.43. The summed E-state index contributed by atoms with van der Waals surface area (Å²) in [7, 11) is 1.51. The van der Waals surface area contributed by atoms with Crippen molar-refractivity contribution < 1.29 is 19.4 Å². The summed E-state index contributed by atoms with van der Waals surface area (Å²) in [4.78, 5) is 22.6. The van der Waals surface area contributed by atoms with E-state index in [1.54, 1.807) is 12.1 Å². The van der Waals surface area contributed by atoms with Gasteiger partial charge in [-0.3, -0.25) is 4.79 Å². The number of carboxylic acids is 1. The van der Waals surface area contributed by atoms with Gasteiger partial charge in [-0.25, -0.2) is 4.79 Å². The molecule has 21 heavy (non-hydrogen) atoms. The highest BCUT2D eigenvalue weighted by molar-refractivity contribution is 5.88. The van der Waals surface area contributed by atoms with E-state index in [-0.39, 0.29) is 11.5 Å². The topological polar surface area (TPSA) is 75.6 Å². The molecule has 1 aromatic carbocycles. The summed E-state index contributed by atoms with van der Waals surface area (Å²) in [5, 5.41) is 11.9. The lowest BCUT2D eigenvalue weighted by Gasteiger charge is -2.24. The highest BCUT2D eigenvalue weighted by Crippen LogP contribution is 2.29. The number of carbonyl (C=O) groups is 2. The van der Waals surface area contributed by atoms with Gasteiger partial charge in [0.25, 0.3) is 0 Å². The second kappa shape index (κ2) is 7.11. The van der Waals surface area contributed by atoms with E-state index in [9.17, 15) is 9.59 Å². The number of aromatic carboxylic acids is 1. The maximum atomic E-state index is 11.7. The number of nitrogens with one attached hydrogen (secondary N) is 1. The molecule has 0 bridgehead atoms. The Morgan fingerprint density at radius 2 is 2.14 bits per heavy atom. The Hall–Kier alpha value is -2.04. The molecule has 2 rings (SSSR count). The lowest BCUT2D eigenvalue weighted by Crippen LogP contribution is -2.29. The van der Waals surface area contributed by atoms with Crippen molar-refractivity contribution in [1.82, 2.24) is 5.32 Å². The predicted molar refractivity (Wildman–Crippen MR) is 78.6 cm³/mol. The van der Waals surface area contributed by atoms with E-state index < -0.39 is 5.97 Å². The number of methoxy groups -OCH3 is 1. The Morgan fingerprint density at radius 1 is 1.38 bits per heavy atom. The van der Waals surface area contributed by atoms with Crippen LogP contribution in [0.5, 0.6) is 5.75 Å². The van der Waals surface area contributed by atoms with Crippen LogP contribution < -0.4 is 10.1 Å². The van der Waals surface area contributed by atoms with Crippen molar-refractivity contribution >= 4 is 11.9 Å². The van der Waals surface area contributed by atoms with Crippen molar-refractivity contribution in [2.45, 2.75) is 32.1 Å². The molecule has 2 N–H and O–H groups in total. The molecule has 0 spiro atoms. The van der Waals surface area contributed by atoms with Crippen LogP contribution in [0.25, 0.3) is 0 Å². The van der Waals surface area contributed by atoms with Gasteiger partial charge in [-0.2, -0.15) is 0 Å². The third-order valence-corrected chi connectivity index (χ3v) is 3.95. The van der Waals surface area contributed by atoms with Gasteiger partial charge in [-0.05, 0) is 42.9 Å². The van der Waals surface area contributed by atoms with Gasteiger partial charge in [0.1, 0.15) is 5.75 Å². The van der Waals surface area contributed by atoms with E-state index in [4.69, 9.17) is 9.84 Å². The molecular weight excluding hydrogens is 270 g/mol. The second-order valence-corrected chi connectivity index (χ2v) is 5.43. The van der Waals surface area contributed by atoms with Crippen LogP contribution in [0.4, 0.5) is 0 Å². The van der Waals surface area contributed by atoms with Crippen molar-refractivity contribution in [2.75, 3.05) is 13.7 Å². The Morgan fingerprint density at radius 3 is 2.71 bits per heavy atom. The zero-order valence-corrected chi connectivity index (χ0v) is 12.2. The summed E-state index contributed by atoms with van der Waals surface area (Å²) in [6, 6.07) is 4.80. The number of benzene rings is 1. The van der Waals surface area contributed by atoms with Gasteiger partial charge in [-0.15, -0.1) is 0 Å². The number of carboxylic acid groups (broad SMARTS) is 1. The highest BCUT2D eigenvalue weighted by Gasteiger charge is 2.20. The zero-order chi connectivity index (χ0) is 15.2. The van der Waals surface area contributed by atoms with Crippen LogP contribution in [-0.4, -0.2) is 30.6 Å². The molecule has 1 aromatic rings. The molecule has 0 saturated heterocycles. The van der Waals surface area contributed by atoms with Crippen molar-refractivity contribution in [1.29, 1.82) is 0 Å². The minimum atomic E-state index is -0.978. The first-order chi connectivity index (χ1) is 10.1. The fraction of sp³-hybridized carbons (Fsp3) is 0.500. The molecule has 1 amide bonds. The monoisotopic (exact) mass is 291 g/mol. The van der Waals surface area contributed by atoms with E-state index in [1.165, 1.54) is 19.6 Å². The van der Waals surface area contributed by atoms with Crippen molar-refractivity contribution in [2.24, 2.45) is 5.92 Å². The first-order valence-electron chi connectivity index (χ1n) is 7.27. The summed E-state index contributed by atoms with van der Waals surface area (Å²) >= 11 is 0. The van der Waals surface area contributed by atoms with Gasteiger partial charge in [0.05, 0.1) is 12.7 Å². The van der Waals surface area contributed by atoms with Crippen LogP contribution in [0.3, 0.4) is 0 Å². The largest absolute Gasteiger partial charge is 0.496 e. The Labute approximate surface area is 124 Å². The molecule has 5 nitrogen and oxygen atoms in total. The Balaban J connectivity index is 1.84. The SMILES string of the molecule is COc1cc(C(=O)O)ccc1CCNC(=O)CC1CCC1. The van der Waals surface area contributed by atoms with Crippen LogP contribution in [0.2, 0.25) is 0 Å². The average Bonchev–Trinajstić information content (AvgIpc) is 2.43. The number of rotatable bonds is 7. The predicted octanol–water partition coefficient (Wildman–Crippen LogP) is 2.24. The molecule has 0 unspecified atom stereocenters. The average molecular weight is 291 g/mol. The van der Waals surface area contributed by atoms with Gasteiger partial charge in [-0.1, -0.05) is 12.5 Å². The smallest absolute Gasteiger partial charge is 0.335 e. The molecule has 114 valence electrons. The summed E-state index contributed by atoms with van der Waals surface area (Å²) in [6.07, 6.45) is 4.81. The highest BCUT2D eigenvalue weighted by atomic mass is 16.5. The number of amides is 1. The molecule has 0 aromatic heterocycles. The molecule has 1 aliphatic carbocycles. The summed E-state index contributed by atoms with van der Waals surface area (Å²) in [6.45, 7) is 0.536. The van der Waals surface area contributed by atoms with Crippen molar-refractivity contribution in [3.05, 3.63) is 29.3 Å². The van der Waals surface area contributed by atoms with Crippen molar-refractivity contribution in [3.8, 4) is 5.75 Å². The van der Waals surface area contributed by atoms with Crippen molar-refractivity contribution in [3.63, 3.8) is 0 Å². The molecule has 5 heteroatoms. The van der Waals surface area contributed by atoms with Crippen LogP contribution in [0.1, 0.15) is 41.6 Å². The zero-order valence-electron chi connectivity index (χ0n) is 12.2.